The molecule has 6 heteroatoms. The van der Waals surface area contributed by atoms with Crippen LogP contribution >= 0.6 is 0 Å². The first-order valence-electron chi connectivity index (χ1n) is 5.20. The van der Waals surface area contributed by atoms with Gasteiger partial charge in [0.25, 0.3) is 5.91 Å². The molecule has 0 radical (unpaired) electrons. The maximum Gasteiger partial charge on any atom is 0.274 e. The molecule has 0 saturated carbocycles. The fraction of sp³-hybridized carbons (Fsp3) is 0.600. The third-order valence-electron chi connectivity index (χ3n) is 2.53. The van der Waals surface area contributed by atoms with Crippen LogP contribution in [0.25, 0.3) is 0 Å². The van der Waals surface area contributed by atoms with E-state index < -0.39 is 0 Å². The lowest BCUT2D eigenvalue weighted by molar-refractivity contribution is 0.00543. The Labute approximate surface area is 93.4 Å². The summed E-state index contributed by atoms with van der Waals surface area (Å²) in [5.41, 5.74) is 0.419. The predicted molar refractivity (Wildman–Crippen MR) is 56.0 cm³/mol. The van der Waals surface area contributed by atoms with E-state index in [1.165, 1.54) is 0 Å². The summed E-state index contributed by atoms with van der Waals surface area (Å²) in [6.07, 6.45) is 1.38. The largest absolute Gasteiger partial charge is 0.389 e. The molecule has 1 fully saturated rings. The van der Waals surface area contributed by atoms with Gasteiger partial charge in [0.15, 0.2) is 0 Å². The zero-order valence-electron chi connectivity index (χ0n) is 9.17. The Balaban J connectivity index is 1.93. The van der Waals surface area contributed by atoms with Crippen molar-refractivity contribution in [2.45, 2.75) is 12.6 Å². The second-order valence-corrected chi connectivity index (χ2v) is 3.82. The minimum Gasteiger partial charge on any atom is -0.389 e. The van der Waals surface area contributed by atoms with Crippen molar-refractivity contribution in [1.29, 1.82) is 0 Å². The van der Waals surface area contributed by atoms with E-state index in [4.69, 9.17) is 9.84 Å². The van der Waals surface area contributed by atoms with E-state index in [0.29, 0.717) is 31.9 Å². The molecule has 6 nitrogen and oxygen atoms in total. The van der Waals surface area contributed by atoms with Gasteiger partial charge in [-0.15, -0.1) is 0 Å². The van der Waals surface area contributed by atoms with Gasteiger partial charge in [0.1, 0.15) is 5.69 Å². The predicted octanol–water partition coefficient (Wildman–Crippen LogP) is -0.654. The van der Waals surface area contributed by atoms with Gasteiger partial charge < -0.3 is 14.7 Å². The van der Waals surface area contributed by atoms with Gasteiger partial charge in [-0.05, 0) is 6.07 Å². The molecule has 2 heterocycles. The first kappa shape index (κ1) is 11.1. The fourth-order valence-electron chi connectivity index (χ4n) is 1.57. The molecule has 16 heavy (non-hydrogen) atoms. The normalized spacial score (nSPS) is 16.2. The highest BCUT2D eigenvalue weighted by molar-refractivity contribution is 5.92. The van der Waals surface area contributed by atoms with E-state index >= 15 is 0 Å². The number of β-amino-alcohol motifs (C(OH)–C–C–N with tert-alkyl or cyclic N) is 1. The van der Waals surface area contributed by atoms with Crippen LogP contribution in [0.15, 0.2) is 12.3 Å². The molecule has 0 atom stereocenters. The molecule has 1 aliphatic heterocycles. The average molecular weight is 225 g/mol. The van der Waals surface area contributed by atoms with Gasteiger partial charge in [-0.3, -0.25) is 9.48 Å². The lowest BCUT2D eigenvalue weighted by Crippen LogP contribution is -2.53. The number of nitrogens with zero attached hydrogens (tertiary/aromatic N) is 3. The summed E-state index contributed by atoms with van der Waals surface area (Å²) in [5.74, 6) is -0.124. The number of amides is 1. The number of aromatic nitrogens is 2. The van der Waals surface area contributed by atoms with Gasteiger partial charge in [0.2, 0.25) is 0 Å². The zero-order valence-corrected chi connectivity index (χ0v) is 9.17. The van der Waals surface area contributed by atoms with Crippen LogP contribution in [0.1, 0.15) is 10.5 Å². The summed E-state index contributed by atoms with van der Waals surface area (Å²) in [5, 5.41) is 13.2. The van der Waals surface area contributed by atoms with Crippen LogP contribution in [0.2, 0.25) is 0 Å². The van der Waals surface area contributed by atoms with Crippen molar-refractivity contribution in [3.8, 4) is 0 Å². The first-order chi connectivity index (χ1) is 7.70. The third kappa shape index (κ3) is 2.23. The third-order valence-corrected chi connectivity index (χ3v) is 2.53. The van der Waals surface area contributed by atoms with Gasteiger partial charge >= 0.3 is 0 Å². The lowest BCUT2D eigenvalue weighted by Gasteiger charge is -2.35. The van der Waals surface area contributed by atoms with Crippen molar-refractivity contribution < 1.29 is 14.6 Å². The molecule has 0 aliphatic carbocycles. The number of likely N-dealkylation sites (tertiary alicyclic amines) is 1. The van der Waals surface area contributed by atoms with Crippen LogP contribution in [0.3, 0.4) is 0 Å². The monoisotopic (exact) mass is 225 g/mol. The van der Waals surface area contributed by atoms with Crippen molar-refractivity contribution in [2.24, 2.45) is 0 Å². The Morgan fingerprint density at radius 1 is 1.69 bits per heavy atom. The fourth-order valence-corrected chi connectivity index (χ4v) is 1.57. The van der Waals surface area contributed by atoms with E-state index in [1.807, 2.05) is 0 Å². The smallest absolute Gasteiger partial charge is 0.274 e. The van der Waals surface area contributed by atoms with Gasteiger partial charge in [-0.1, -0.05) is 0 Å². The molecule has 1 aliphatic rings. The minimum atomic E-state index is -0.375. The maximum absolute atomic E-state index is 11.8. The highest BCUT2D eigenvalue weighted by Gasteiger charge is 2.30. The lowest BCUT2D eigenvalue weighted by atomic mass is 10.1. The number of rotatable bonds is 4. The summed E-state index contributed by atoms with van der Waals surface area (Å²) in [7, 11) is 1.62. The molecule has 2 rings (SSSR count). The number of methoxy groups -OCH3 is 1. The van der Waals surface area contributed by atoms with Crippen LogP contribution < -0.4 is 0 Å². The molecule has 0 unspecified atom stereocenters. The van der Waals surface area contributed by atoms with E-state index in [1.54, 1.807) is 29.0 Å². The number of hydrogen-bond acceptors (Lipinski definition) is 4. The molecule has 1 amide bonds. The first-order valence-corrected chi connectivity index (χ1v) is 5.20. The Bertz CT molecular complexity index is 371. The molecular formula is C10H15N3O3. The van der Waals surface area contributed by atoms with Crippen LogP contribution in [-0.2, 0) is 11.3 Å². The molecule has 1 aromatic rings. The quantitative estimate of drug-likeness (QED) is 0.739. The van der Waals surface area contributed by atoms with Crippen molar-refractivity contribution in [2.75, 3.05) is 26.8 Å². The molecule has 1 N–H and O–H groups in total. The van der Waals surface area contributed by atoms with Crippen molar-refractivity contribution in [3.63, 3.8) is 0 Å². The summed E-state index contributed by atoms with van der Waals surface area (Å²) in [6.45, 7) is 2.01. The molecule has 0 spiro atoms. The number of carbonyl (C=O) groups is 1. The summed E-state index contributed by atoms with van der Waals surface area (Å²) >= 11 is 0. The van der Waals surface area contributed by atoms with Crippen LogP contribution in [-0.4, -0.2) is 58.6 Å². The van der Waals surface area contributed by atoms with E-state index in [-0.39, 0.29) is 12.0 Å². The van der Waals surface area contributed by atoms with Gasteiger partial charge in [0.05, 0.1) is 19.3 Å². The SMILES string of the molecule is COCCn1ccc(C(=O)N2CC(O)C2)n1. The second kappa shape index (κ2) is 4.63. The van der Waals surface area contributed by atoms with Crippen LogP contribution in [0.5, 0.6) is 0 Å². The zero-order chi connectivity index (χ0) is 11.5. The Morgan fingerprint density at radius 3 is 3.06 bits per heavy atom. The number of hydrogen-bond donors (Lipinski definition) is 1. The average Bonchev–Trinajstić information content (AvgIpc) is 2.69. The number of aliphatic hydroxyl groups is 1. The molecule has 1 aromatic heterocycles. The number of ether oxygens (including phenoxy) is 1. The van der Waals surface area contributed by atoms with E-state index in [9.17, 15) is 4.79 Å². The Kier molecular flexibility index (Phi) is 3.21. The molecule has 88 valence electrons. The molecule has 0 bridgehead atoms. The Morgan fingerprint density at radius 2 is 2.44 bits per heavy atom. The van der Waals surface area contributed by atoms with Crippen molar-refractivity contribution in [1.82, 2.24) is 14.7 Å². The van der Waals surface area contributed by atoms with E-state index in [0.717, 1.165) is 0 Å². The number of aliphatic hydroxyl groups excluding tert-OH is 1. The highest BCUT2D eigenvalue weighted by Crippen LogP contribution is 2.11. The van der Waals surface area contributed by atoms with Crippen LogP contribution in [0.4, 0.5) is 0 Å². The van der Waals surface area contributed by atoms with Crippen molar-refractivity contribution in [3.05, 3.63) is 18.0 Å². The van der Waals surface area contributed by atoms with Crippen LogP contribution in [0, 0.1) is 0 Å². The Hall–Kier alpha value is -1.40. The molecule has 0 aromatic carbocycles. The minimum absolute atomic E-state index is 0.124. The molecular weight excluding hydrogens is 210 g/mol. The summed E-state index contributed by atoms with van der Waals surface area (Å²) in [4.78, 5) is 13.3. The van der Waals surface area contributed by atoms with Gasteiger partial charge in [0, 0.05) is 26.4 Å². The summed E-state index contributed by atoms with van der Waals surface area (Å²) in [6, 6.07) is 1.68. The van der Waals surface area contributed by atoms with Crippen molar-refractivity contribution >= 4 is 5.91 Å². The standard InChI is InChI=1S/C10H15N3O3/c1-16-5-4-13-3-2-9(11-13)10(15)12-6-8(14)7-12/h2-3,8,14H,4-7H2,1H3. The molecule has 1 saturated heterocycles. The number of carbonyl (C=O) groups excluding carboxylic acids is 1. The summed E-state index contributed by atoms with van der Waals surface area (Å²) < 4.78 is 6.59. The topological polar surface area (TPSA) is 67.6 Å². The van der Waals surface area contributed by atoms with Gasteiger partial charge in [-0.2, -0.15) is 5.10 Å². The second-order valence-electron chi connectivity index (χ2n) is 3.82. The van der Waals surface area contributed by atoms with Gasteiger partial charge in [-0.25, -0.2) is 0 Å². The van der Waals surface area contributed by atoms with E-state index in [2.05, 4.69) is 5.10 Å². The highest BCUT2D eigenvalue weighted by atomic mass is 16.5. The maximum atomic E-state index is 11.8.